The minimum Gasteiger partial charge on any atom is -0.330 e. The Morgan fingerprint density at radius 2 is 1.92 bits per heavy atom. The lowest BCUT2D eigenvalue weighted by molar-refractivity contribution is 0.618. The monoisotopic (exact) mass is 348 g/mol. The van der Waals surface area contributed by atoms with E-state index in [1.807, 2.05) is 41.0 Å². The first kappa shape index (κ1) is 16.1. The number of benzene rings is 2. The van der Waals surface area contributed by atoms with Crippen LogP contribution in [0.3, 0.4) is 0 Å². The normalized spacial score (nSPS) is 11.0. The van der Waals surface area contributed by atoms with Crippen LogP contribution in [0.5, 0.6) is 0 Å². The molecule has 1 N–H and O–H groups in total. The first-order valence-electron chi connectivity index (χ1n) is 8.32. The second-order valence-electron chi connectivity index (χ2n) is 6.04. The van der Waals surface area contributed by atoms with Crippen LogP contribution >= 0.6 is 0 Å². The highest BCUT2D eigenvalue weighted by Crippen LogP contribution is 2.32. The third-order valence-corrected chi connectivity index (χ3v) is 4.30. The molecule has 2 aromatic heterocycles. The highest BCUT2D eigenvalue weighted by molar-refractivity contribution is 5.78. The van der Waals surface area contributed by atoms with Crippen molar-refractivity contribution in [3.8, 4) is 22.5 Å². The first-order chi connectivity index (χ1) is 12.7. The summed E-state index contributed by atoms with van der Waals surface area (Å²) < 4.78 is 16.2. The number of hydrogen-bond acceptors (Lipinski definition) is 4. The van der Waals surface area contributed by atoms with Crippen LogP contribution in [0.15, 0.2) is 54.9 Å². The Hall–Kier alpha value is -3.35. The van der Waals surface area contributed by atoms with Crippen LogP contribution in [0.1, 0.15) is 11.4 Å². The van der Waals surface area contributed by atoms with E-state index in [-0.39, 0.29) is 5.82 Å². The van der Waals surface area contributed by atoms with E-state index in [0.29, 0.717) is 24.4 Å². The molecule has 4 rings (SSSR count). The Balaban J connectivity index is 1.78. The summed E-state index contributed by atoms with van der Waals surface area (Å²) in [7, 11) is 0. The van der Waals surface area contributed by atoms with Crippen molar-refractivity contribution >= 4 is 0 Å². The van der Waals surface area contributed by atoms with Crippen LogP contribution in [-0.2, 0) is 13.0 Å². The second kappa shape index (κ2) is 6.87. The van der Waals surface area contributed by atoms with Crippen LogP contribution < -0.4 is 0 Å². The number of aryl methyl sites for hydroxylation is 3. The second-order valence-corrected chi connectivity index (χ2v) is 6.04. The van der Waals surface area contributed by atoms with Gasteiger partial charge >= 0.3 is 0 Å². The standard InChI is InChI=1S/C19H17FN6/c1-13-7-8-15(11-16(13)20)19-18(14-5-3-2-4-6-14)21-12-26(19)10-9-17-22-24-25-23-17/h2-8,11-12H,9-10H2,1H3,(H,22,23,24,25). The zero-order valence-electron chi connectivity index (χ0n) is 14.2. The molecule has 0 atom stereocenters. The minimum atomic E-state index is -0.229. The smallest absolute Gasteiger partial charge is 0.176 e. The van der Waals surface area contributed by atoms with Gasteiger partial charge in [0.2, 0.25) is 0 Å². The van der Waals surface area contributed by atoms with Gasteiger partial charge in [0.25, 0.3) is 0 Å². The van der Waals surface area contributed by atoms with Gasteiger partial charge in [0.1, 0.15) is 5.82 Å². The van der Waals surface area contributed by atoms with Gasteiger partial charge in [-0.25, -0.2) is 9.37 Å². The largest absolute Gasteiger partial charge is 0.330 e. The summed E-state index contributed by atoms with van der Waals surface area (Å²) >= 11 is 0. The molecular formula is C19H17FN6. The Labute approximate surface area is 149 Å². The van der Waals surface area contributed by atoms with E-state index < -0.39 is 0 Å². The number of nitrogens with zero attached hydrogens (tertiary/aromatic N) is 5. The van der Waals surface area contributed by atoms with E-state index in [1.165, 1.54) is 0 Å². The number of halogens is 1. The number of imidazole rings is 1. The van der Waals surface area contributed by atoms with Crippen molar-refractivity contribution in [3.05, 3.63) is 72.1 Å². The topological polar surface area (TPSA) is 72.3 Å². The Morgan fingerprint density at radius 1 is 1.08 bits per heavy atom. The molecule has 0 saturated heterocycles. The van der Waals surface area contributed by atoms with Crippen LogP contribution in [0, 0.1) is 12.7 Å². The number of aromatic nitrogens is 6. The SMILES string of the molecule is Cc1ccc(-c2c(-c3ccccc3)ncn2CCc2nn[nH]n2)cc1F. The van der Waals surface area contributed by atoms with Crippen molar-refractivity contribution in [1.82, 2.24) is 30.2 Å². The van der Waals surface area contributed by atoms with Crippen molar-refractivity contribution < 1.29 is 4.39 Å². The van der Waals surface area contributed by atoms with Crippen LogP contribution in [0.2, 0.25) is 0 Å². The van der Waals surface area contributed by atoms with Crippen molar-refractivity contribution in [2.24, 2.45) is 0 Å². The van der Waals surface area contributed by atoms with Gasteiger partial charge in [0.05, 0.1) is 17.7 Å². The molecule has 0 aliphatic carbocycles. The maximum absolute atomic E-state index is 14.2. The quantitative estimate of drug-likeness (QED) is 0.600. The molecular weight excluding hydrogens is 331 g/mol. The molecule has 0 fully saturated rings. The molecule has 2 heterocycles. The fourth-order valence-corrected chi connectivity index (χ4v) is 2.91. The van der Waals surface area contributed by atoms with Crippen molar-refractivity contribution in [2.75, 3.05) is 0 Å². The zero-order valence-corrected chi connectivity index (χ0v) is 14.2. The molecule has 7 heteroatoms. The van der Waals surface area contributed by atoms with E-state index in [2.05, 4.69) is 25.6 Å². The first-order valence-corrected chi connectivity index (χ1v) is 8.32. The van der Waals surface area contributed by atoms with E-state index in [0.717, 1.165) is 22.5 Å². The van der Waals surface area contributed by atoms with Gasteiger partial charge in [0, 0.05) is 24.1 Å². The average molecular weight is 348 g/mol. The molecule has 0 bridgehead atoms. The molecule has 0 aliphatic rings. The highest BCUT2D eigenvalue weighted by atomic mass is 19.1. The summed E-state index contributed by atoms with van der Waals surface area (Å²) in [5.41, 5.74) is 4.09. The molecule has 6 nitrogen and oxygen atoms in total. The third-order valence-electron chi connectivity index (χ3n) is 4.30. The molecule has 0 unspecified atom stereocenters. The van der Waals surface area contributed by atoms with Gasteiger partial charge in [-0.1, -0.05) is 47.7 Å². The summed E-state index contributed by atoms with van der Waals surface area (Å²) in [4.78, 5) is 4.59. The maximum Gasteiger partial charge on any atom is 0.176 e. The van der Waals surface area contributed by atoms with Crippen LogP contribution in [-0.4, -0.2) is 30.2 Å². The fourth-order valence-electron chi connectivity index (χ4n) is 2.91. The van der Waals surface area contributed by atoms with E-state index in [4.69, 9.17) is 0 Å². The predicted molar refractivity (Wildman–Crippen MR) is 95.7 cm³/mol. The number of aromatic amines is 1. The lowest BCUT2D eigenvalue weighted by Crippen LogP contribution is -2.04. The van der Waals surface area contributed by atoms with E-state index in [1.54, 1.807) is 25.4 Å². The van der Waals surface area contributed by atoms with Gasteiger partial charge in [-0.3, -0.25) is 0 Å². The van der Waals surface area contributed by atoms with E-state index in [9.17, 15) is 4.39 Å². The van der Waals surface area contributed by atoms with Gasteiger partial charge in [-0.2, -0.15) is 5.21 Å². The molecule has 0 amide bonds. The minimum absolute atomic E-state index is 0.229. The number of nitrogens with one attached hydrogen (secondary N) is 1. The molecule has 0 spiro atoms. The summed E-state index contributed by atoms with van der Waals surface area (Å²) in [5, 5.41) is 14.0. The van der Waals surface area contributed by atoms with Gasteiger partial charge in [0.15, 0.2) is 5.82 Å². The Bertz CT molecular complexity index is 1010. The maximum atomic E-state index is 14.2. The Morgan fingerprint density at radius 3 is 2.65 bits per heavy atom. The van der Waals surface area contributed by atoms with Crippen molar-refractivity contribution in [1.29, 1.82) is 0 Å². The summed E-state index contributed by atoms with van der Waals surface area (Å²) in [5.74, 6) is 0.397. The fraction of sp³-hybridized carbons (Fsp3) is 0.158. The molecule has 130 valence electrons. The average Bonchev–Trinajstić information content (AvgIpc) is 3.32. The zero-order chi connectivity index (χ0) is 17.9. The van der Waals surface area contributed by atoms with E-state index >= 15 is 0 Å². The van der Waals surface area contributed by atoms with Crippen molar-refractivity contribution in [2.45, 2.75) is 19.9 Å². The number of hydrogen-bond donors (Lipinski definition) is 1. The Kier molecular flexibility index (Phi) is 4.27. The van der Waals surface area contributed by atoms with Crippen LogP contribution in [0.4, 0.5) is 4.39 Å². The summed E-state index contributed by atoms with van der Waals surface area (Å²) in [6.45, 7) is 2.37. The van der Waals surface area contributed by atoms with Gasteiger partial charge in [-0.15, -0.1) is 10.2 Å². The van der Waals surface area contributed by atoms with Crippen molar-refractivity contribution in [3.63, 3.8) is 0 Å². The molecule has 0 aliphatic heterocycles. The molecule has 26 heavy (non-hydrogen) atoms. The molecule has 0 saturated carbocycles. The lowest BCUT2D eigenvalue weighted by Gasteiger charge is -2.11. The molecule has 2 aromatic carbocycles. The summed E-state index contributed by atoms with van der Waals surface area (Å²) in [6, 6.07) is 15.2. The highest BCUT2D eigenvalue weighted by Gasteiger charge is 2.16. The number of rotatable bonds is 5. The third kappa shape index (κ3) is 3.11. The molecule has 4 aromatic rings. The van der Waals surface area contributed by atoms with Gasteiger partial charge < -0.3 is 4.57 Å². The molecule has 0 radical (unpaired) electrons. The predicted octanol–water partition coefficient (Wildman–Crippen LogP) is 3.42. The van der Waals surface area contributed by atoms with Gasteiger partial charge in [-0.05, 0) is 18.6 Å². The summed E-state index contributed by atoms with van der Waals surface area (Å²) in [6.07, 6.45) is 2.37. The number of H-pyrrole nitrogens is 1. The number of tetrazole rings is 1. The van der Waals surface area contributed by atoms with Crippen LogP contribution in [0.25, 0.3) is 22.5 Å². The lowest BCUT2D eigenvalue weighted by atomic mass is 10.0.